The van der Waals surface area contributed by atoms with E-state index < -0.39 is 18.1 Å². The van der Waals surface area contributed by atoms with Crippen LogP contribution in [-0.4, -0.2) is 53.7 Å². The minimum absolute atomic E-state index is 0.105. The van der Waals surface area contributed by atoms with E-state index >= 15 is 0 Å². The van der Waals surface area contributed by atoms with Crippen LogP contribution in [0.4, 0.5) is 4.79 Å². The maximum absolute atomic E-state index is 13.2. The summed E-state index contributed by atoms with van der Waals surface area (Å²) in [6.07, 6.45) is 2.29. The highest BCUT2D eigenvalue weighted by atomic mass is 16.5. The Hall–Kier alpha value is -3.03. The number of fused-ring (bicyclic) bond motifs is 1. The number of nitrogens with zero attached hydrogens (tertiary/aromatic N) is 2. The zero-order chi connectivity index (χ0) is 20.3. The molecular weight excluding hydrogens is 360 g/mol. The number of rotatable bonds is 5. The van der Waals surface area contributed by atoms with Crippen molar-refractivity contribution in [2.45, 2.75) is 32.4 Å². The number of methoxy groups -OCH3 is 2. The Morgan fingerprint density at radius 2 is 2.04 bits per heavy atom. The molecule has 150 valence electrons. The van der Waals surface area contributed by atoms with Crippen LogP contribution in [0.1, 0.15) is 36.8 Å². The molecule has 8 nitrogen and oxygen atoms in total. The summed E-state index contributed by atoms with van der Waals surface area (Å²) in [5.74, 6) is 0.107. The van der Waals surface area contributed by atoms with Gasteiger partial charge >= 0.3 is 12.0 Å². The molecule has 0 spiro atoms. The molecule has 0 unspecified atom stereocenters. The van der Waals surface area contributed by atoms with E-state index in [1.54, 1.807) is 18.3 Å². The Labute approximate surface area is 164 Å². The summed E-state index contributed by atoms with van der Waals surface area (Å²) in [7, 11) is 2.92. The van der Waals surface area contributed by atoms with E-state index in [1.807, 2.05) is 38.1 Å². The molecule has 0 aliphatic carbocycles. The minimum Gasteiger partial charge on any atom is -0.496 e. The Kier molecular flexibility index (Phi) is 5.87. The molecule has 1 aliphatic heterocycles. The van der Waals surface area contributed by atoms with E-state index in [9.17, 15) is 9.59 Å². The minimum atomic E-state index is -0.726. The van der Waals surface area contributed by atoms with Crippen LogP contribution in [0, 0.1) is 5.92 Å². The van der Waals surface area contributed by atoms with Crippen LogP contribution in [0.25, 0.3) is 0 Å². The van der Waals surface area contributed by atoms with E-state index in [-0.39, 0.29) is 11.9 Å². The Bertz CT molecular complexity index is 848. The number of amides is 2. The summed E-state index contributed by atoms with van der Waals surface area (Å²) in [6.45, 7) is 4.21. The summed E-state index contributed by atoms with van der Waals surface area (Å²) < 4.78 is 10.4. The number of imidazole rings is 1. The van der Waals surface area contributed by atoms with Crippen molar-refractivity contribution in [3.05, 3.63) is 47.5 Å². The van der Waals surface area contributed by atoms with Crippen molar-refractivity contribution < 1.29 is 19.1 Å². The van der Waals surface area contributed by atoms with Gasteiger partial charge in [0.2, 0.25) is 0 Å². The zero-order valence-corrected chi connectivity index (χ0v) is 16.6. The molecule has 0 saturated heterocycles. The summed E-state index contributed by atoms with van der Waals surface area (Å²) >= 11 is 0. The van der Waals surface area contributed by atoms with E-state index in [4.69, 9.17) is 9.47 Å². The monoisotopic (exact) mass is 386 g/mol. The lowest BCUT2D eigenvalue weighted by Gasteiger charge is -2.36. The fourth-order valence-electron chi connectivity index (χ4n) is 3.54. The first-order valence-electron chi connectivity index (χ1n) is 9.28. The van der Waals surface area contributed by atoms with E-state index in [0.29, 0.717) is 18.7 Å². The number of benzene rings is 1. The number of aromatic amines is 1. The van der Waals surface area contributed by atoms with Crippen molar-refractivity contribution in [3.63, 3.8) is 0 Å². The number of esters is 1. The fourth-order valence-corrected chi connectivity index (χ4v) is 3.54. The van der Waals surface area contributed by atoms with Crippen molar-refractivity contribution >= 4 is 12.0 Å². The van der Waals surface area contributed by atoms with Gasteiger partial charge in [0, 0.05) is 24.2 Å². The number of carbonyl (C=O) groups is 2. The normalized spacial score (nSPS) is 17.0. The van der Waals surface area contributed by atoms with Crippen molar-refractivity contribution in [3.8, 4) is 5.75 Å². The van der Waals surface area contributed by atoms with Gasteiger partial charge in [0.25, 0.3) is 0 Å². The van der Waals surface area contributed by atoms with Gasteiger partial charge in [-0.05, 0) is 12.0 Å². The number of carbonyl (C=O) groups excluding carboxylic acids is 2. The maximum Gasteiger partial charge on any atom is 0.328 e. The van der Waals surface area contributed by atoms with Gasteiger partial charge in [0.1, 0.15) is 17.8 Å². The van der Waals surface area contributed by atoms with Crippen LogP contribution in [-0.2, 0) is 16.0 Å². The number of aromatic nitrogens is 2. The maximum atomic E-state index is 13.2. The van der Waals surface area contributed by atoms with Crippen molar-refractivity contribution in [2.75, 3.05) is 20.8 Å². The van der Waals surface area contributed by atoms with Gasteiger partial charge < -0.3 is 24.7 Å². The van der Waals surface area contributed by atoms with E-state index in [2.05, 4.69) is 15.3 Å². The Morgan fingerprint density at radius 1 is 1.29 bits per heavy atom. The molecule has 2 amide bonds. The molecular formula is C20H26N4O4. The number of hydrogen-bond donors (Lipinski definition) is 2. The predicted molar refractivity (Wildman–Crippen MR) is 103 cm³/mol. The van der Waals surface area contributed by atoms with Crippen molar-refractivity contribution in [1.82, 2.24) is 20.2 Å². The van der Waals surface area contributed by atoms with Gasteiger partial charge in [0.05, 0.1) is 26.2 Å². The lowest BCUT2D eigenvalue weighted by molar-refractivity contribution is -0.144. The highest BCUT2D eigenvalue weighted by Gasteiger charge is 2.37. The number of hydrogen-bond acceptors (Lipinski definition) is 5. The third kappa shape index (κ3) is 3.67. The second kappa shape index (κ2) is 8.33. The third-order valence-corrected chi connectivity index (χ3v) is 5.02. The van der Waals surface area contributed by atoms with Gasteiger partial charge in [-0.15, -0.1) is 0 Å². The molecule has 2 aromatic rings. The van der Waals surface area contributed by atoms with Crippen LogP contribution in [0.2, 0.25) is 0 Å². The molecule has 1 aromatic carbocycles. The summed E-state index contributed by atoms with van der Waals surface area (Å²) in [5, 5.41) is 2.83. The van der Waals surface area contributed by atoms with Gasteiger partial charge in [0.15, 0.2) is 0 Å². The Morgan fingerprint density at radius 3 is 2.71 bits per heavy atom. The lowest BCUT2D eigenvalue weighted by atomic mass is 9.95. The number of nitrogens with one attached hydrogen (secondary N) is 2. The van der Waals surface area contributed by atoms with Crippen molar-refractivity contribution in [1.29, 1.82) is 0 Å². The molecule has 0 saturated carbocycles. The first-order valence-corrected chi connectivity index (χ1v) is 9.28. The smallest absolute Gasteiger partial charge is 0.328 e. The van der Waals surface area contributed by atoms with Gasteiger partial charge in [-0.25, -0.2) is 14.6 Å². The number of para-hydroxylation sites is 1. The first-order chi connectivity index (χ1) is 13.5. The molecule has 0 radical (unpaired) electrons. The molecule has 2 atom stereocenters. The van der Waals surface area contributed by atoms with Crippen molar-refractivity contribution in [2.24, 2.45) is 5.92 Å². The lowest BCUT2D eigenvalue weighted by Crippen LogP contribution is -2.53. The van der Waals surface area contributed by atoms with E-state index in [0.717, 1.165) is 17.0 Å². The molecule has 28 heavy (non-hydrogen) atoms. The molecule has 2 N–H and O–H groups in total. The SMILES string of the molecule is COC(=O)[C@@H](NC(=O)N1CCc2[nH]cnc2[C@H]1c1ccccc1OC)C(C)C. The fraction of sp³-hybridized carbons (Fsp3) is 0.450. The highest BCUT2D eigenvalue weighted by molar-refractivity contribution is 5.84. The first kappa shape index (κ1) is 19.7. The number of H-pyrrole nitrogens is 1. The van der Waals surface area contributed by atoms with Gasteiger partial charge in [-0.3, -0.25) is 0 Å². The summed E-state index contributed by atoms with van der Waals surface area (Å²) in [4.78, 5) is 34.6. The van der Waals surface area contributed by atoms with Gasteiger partial charge in [-0.1, -0.05) is 32.0 Å². The van der Waals surface area contributed by atoms with Crippen LogP contribution >= 0.6 is 0 Å². The number of urea groups is 1. The predicted octanol–water partition coefficient (Wildman–Crippen LogP) is 2.27. The molecule has 3 rings (SSSR count). The van der Waals surface area contributed by atoms with Crippen LogP contribution < -0.4 is 10.1 Å². The van der Waals surface area contributed by atoms with Crippen LogP contribution in [0.3, 0.4) is 0 Å². The zero-order valence-electron chi connectivity index (χ0n) is 16.6. The van der Waals surface area contributed by atoms with Crippen LogP contribution in [0.5, 0.6) is 5.75 Å². The van der Waals surface area contributed by atoms with Crippen LogP contribution in [0.15, 0.2) is 30.6 Å². The second-order valence-electron chi connectivity index (χ2n) is 7.05. The van der Waals surface area contributed by atoms with E-state index in [1.165, 1.54) is 7.11 Å². The standard InChI is InChI=1S/C20H26N4O4/c1-12(2)16(19(25)28-4)23-20(26)24-10-9-14-17(22-11-21-14)18(24)13-7-5-6-8-15(13)27-3/h5-8,11-12,16,18H,9-10H2,1-4H3,(H,21,22)(H,23,26)/t16-,18+/m0/s1. The molecule has 1 aromatic heterocycles. The molecule has 8 heteroatoms. The molecule has 1 aliphatic rings. The Balaban J connectivity index is 1.97. The average molecular weight is 386 g/mol. The quantitative estimate of drug-likeness (QED) is 0.769. The highest BCUT2D eigenvalue weighted by Crippen LogP contribution is 2.37. The largest absolute Gasteiger partial charge is 0.496 e. The molecule has 2 heterocycles. The number of ether oxygens (including phenoxy) is 2. The topological polar surface area (TPSA) is 96.6 Å². The molecule has 0 bridgehead atoms. The summed E-state index contributed by atoms with van der Waals surface area (Å²) in [5.41, 5.74) is 2.62. The molecule has 0 fully saturated rings. The van der Waals surface area contributed by atoms with Gasteiger partial charge in [-0.2, -0.15) is 0 Å². The third-order valence-electron chi connectivity index (χ3n) is 5.02. The second-order valence-corrected chi connectivity index (χ2v) is 7.05. The average Bonchev–Trinajstić information content (AvgIpc) is 3.19. The summed E-state index contributed by atoms with van der Waals surface area (Å²) in [6, 6.07) is 6.08.